The highest BCUT2D eigenvalue weighted by Gasteiger charge is 2.39. The lowest BCUT2D eigenvalue weighted by atomic mass is 9.83. The Kier molecular flexibility index (Phi) is 36.3. The average Bonchev–Trinajstić information content (AvgIpc) is 3.08. The van der Waals surface area contributed by atoms with Crippen molar-refractivity contribution in [3.63, 3.8) is 0 Å². The van der Waals surface area contributed by atoms with Crippen molar-refractivity contribution in [1.29, 1.82) is 0 Å². The van der Waals surface area contributed by atoms with Gasteiger partial charge in [-0.2, -0.15) is 0 Å². The van der Waals surface area contributed by atoms with E-state index in [4.69, 9.17) is 0 Å². The summed E-state index contributed by atoms with van der Waals surface area (Å²) in [5.74, 6) is 0. The maximum Gasteiger partial charge on any atom is 0.121 e. The number of rotatable bonds is 25. The first-order valence-electron chi connectivity index (χ1n) is 23.2. The molecule has 56 heavy (non-hydrogen) atoms. The van der Waals surface area contributed by atoms with Gasteiger partial charge in [0.2, 0.25) is 0 Å². The molecule has 0 spiro atoms. The molecule has 0 radical (unpaired) electrons. The second-order valence-electron chi connectivity index (χ2n) is 20.5. The molecule has 1 unspecified atom stereocenters. The van der Waals surface area contributed by atoms with Crippen LogP contribution < -0.4 is 0 Å². The van der Waals surface area contributed by atoms with Gasteiger partial charge in [-0.25, -0.2) is 0 Å². The third kappa shape index (κ3) is 36.9. The fourth-order valence-electron chi connectivity index (χ4n) is 6.76. The summed E-state index contributed by atoms with van der Waals surface area (Å²) in [6.45, 7) is 11.5. The number of unbranched alkanes of at least 4 members (excludes halogenated alkanes) is 18. The quantitative estimate of drug-likeness (QED) is 0.0693. The third-order valence-electron chi connectivity index (χ3n) is 10.4. The van der Waals surface area contributed by atoms with E-state index in [0.29, 0.717) is 0 Å². The van der Waals surface area contributed by atoms with E-state index in [1.807, 2.05) is 0 Å². The minimum atomic E-state index is 0. The van der Waals surface area contributed by atoms with Crippen LogP contribution in [0.15, 0.2) is 48.5 Å². The molecule has 0 bridgehead atoms. The lowest BCUT2D eigenvalue weighted by molar-refractivity contribution is -0.930. The Morgan fingerprint density at radius 3 is 1.16 bits per heavy atom. The molecule has 0 aliphatic heterocycles. The molecule has 0 amide bonds. The highest BCUT2D eigenvalue weighted by molar-refractivity contribution is 5.85. The van der Waals surface area contributed by atoms with E-state index >= 15 is 0 Å². The summed E-state index contributed by atoms with van der Waals surface area (Å²) in [6.07, 6.45) is 32.1. The van der Waals surface area contributed by atoms with E-state index in [2.05, 4.69) is 161 Å². The van der Waals surface area contributed by atoms with Gasteiger partial charge in [-0.1, -0.05) is 190 Å². The van der Waals surface area contributed by atoms with Gasteiger partial charge in [0.1, 0.15) is 5.54 Å². The van der Waals surface area contributed by atoms with Crippen LogP contribution in [0.3, 0.4) is 0 Å². The molecule has 0 heterocycles. The first-order valence-corrected chi connectivity index (χ1v) is 23.2. The summed E-state index contributed by atoms with van der Waals surface area (Å²) in [6, 6.07) is 18.1. The molecule has 0 aromatic heterocycles. The highest BCUT2D eigenvalue weighted by atomic mass is 35.5. The van der Waals surface area contributed by atoms with Crippen LogP contribution >= 0.6 is 12.4 Å². The van der Waals surface area contributed by atoms with E-state index in [1.165, 1.54) is 159 Å². The molecule has 0 aliphatic carbocycles. The lowest BCUT2D eigenvalue weighted by Crippen LogP contribution is -2.52. The molecular formula is C52H103ClN3+3. The Bertz CT molecular complexity index is 1100. The first-order chi connectivity index (χ1) is 25.7. The SMILES string of the molecule is CCCCCCCCCCCCC(C)(c1ccccc1)[N+](C)(C)C.CCCCCCCCCCCCc1cc(C)ccc1CC.C[N+](C)(C)C.C[N+](C)(C)C.Cl. The Labute approximate surface area is 360 Å². The molecule has 0 aliphatic rings. The summed E-state index contributed by atoms with van der Waals surface area (Å²) in [5.41, 5.74) is 6.25. The molecule has 2 aromatic carbocycles. The van der Waals surface area contributed by atoms with Crippen LogP contribution in [0.1, 0.15) is 185 Å². The zero-order valence-corrected chi connectivity index (χ0v) is 41.9. The summed E-state index contributed by atoms with van der Waals surface area (Å²) in [5, 5.41) is 0. The van der Waals surface area contributed by atoms with Crippen molar-refractivity contribution in [2.45, 2.75) is 188 Å². The Morgan fingerprint density at radius 1 is 0.446 bits per heavy atom. The standard InChI is InChI=1S/C23H42N.C21H36.2C4H12N.ClH/c1-6-7-8-9-10-11-12-13-14-18-21-23(2,24(3,4)5)22-19-16-15-17-20-22;1-4-6-7-8-9-10-11-12-13-14-15-21-18-19(3)16-17-20(21)5-2;2*1-5(2,3)4;/h15-17,19-20H,6-14,18,21H2,1-5H3;16-18H,4-15H2,1-3H3;2*1-4H3;1H/q+1;;2*+1;. The smallest absolute Gasteiger partial charge is 0.121 e. The predicted octanol–water partition coefficient (Wildman–Crippen LogP) is 15.0. The molecule has 1 atom stereocenters. The van der Waals surface area contributed by atoms with E-state index in [-0.39, 0.29) is 17.9 Å². The van der Waals surface area contributed by atoms with E-state index in [1.54, 1.807) is 11.1 Å². The molecule has 4 heteroatoms. The fraction of sp³-hybridized carbons (Fsp3) is 0.769. The van der Waals surface area contributed by atoms with Gasteiger partial charge >= 0.3 is 0 Å². The molecule has 0 saturated heterocycles. The minimum absolute atomic E-state index is 0. The lowest BCUT2D eigenvalue weighted by Gasteiger charge is -2.44. The molecule has 0 fully saturated rings. The monoisotopic (exact) mass is 805 g/mol. The fourth-order valence-corrected chi connectivity index (χ4v) is 6.76. The van der Waals surface area contributed by atoms with Crippen LogP contribution in [0.25, 0.3) is 0 Å². The van der Waals surface area contributed by atoms with Crippen LogP contribution in [-0.2, 0) is 18.4 Å². The van der Waals surface area contributed by atoms with Crippen LogP contribution in [0.2, 0.25) is 0 Å². The topological polar surface area (TPSA) is 0 Å². The second kappa shape index (κ2) is 34.5. The van der Waals surface area contributed by atoms with E-state index in [0.717, 1.165) is 13.4 Å². The van der Waals surface area contributed by atoms with Crippen molar-refractivity contribution in [2.24, 2.45) is 0 Å². The van der Waals surface area contributed by atoms with Crippen LogP contribution in [0, 0.1) is 6.92 Å². The highest BCUT2D eigenvalue weighted by Crippen LogP contribution is 2.36. The van der Waals surface area contributed by atoms with Gasteiger partial charge in [0.25, 0.3) is 0 Å². The Balaban J connectivity index is -0.000000799. The summed E-state index contributed by atoms with van der Waals surface area (Å²) in [7, 11) is 24.0. The van der Waals surface area contributed by atoms with Gasteiger partial charge < -0.3 is 13.4 Å². The number of hydrogen-bond donors (Lipinski definition) is 0. The molecule has 0 saturated carbocycles. The van der Waals surface area contributed by atoms with Gasteiger partial charge in [0.05, 0.1) is 77.5 Å². The first kappa shape index (κ1) is 58.9. The molecule has 3 nitrogen and oxygen atoms in total. The maximum atomic E-state index is 2.44. The van der Waals surface area contributed by atoms with Crippen LogP contribution in [-0.4, -0.2) is 91.0 Å². The van der Waals surface area contributed by atoms with Crippen LogP contribution in [0.4, 0.5) is 0 Å². The van der Waals surface area contributed by atoms with Crippen molar-refractivity contribution >= 4 is 12.4 Å². The number of nitrogens with zero attached hydrogens (tertiary/aromatic N) is 3. The zero-order valence-electron chi connectivity index (χ0n) is 41.1. The largest absolute Gasteiger partial charge is 0.333 e. The number of quaternary nitrogens is 3. The van der Waals surface area contributed by atoms with Crippen LogP contribution in [0.5, 0.6) is 0 Å². The van der Waals surface area contributed by atoms with E-state index < -0.39 is 0 Å². The van der Waals surface area contributed by atoms with Crippen molar-refractivity contribution in [3.05, 3.63) is 70.8 Å². The minimum Gasteiger partial charge on any atom is -0.333 e. The number of aryl methyl sites for hydroxylation is 3. The third-order valence-corrected chi connectivity index (χ3v) is 10.4. The van der Waals surface area contributed by atoms with Gasteiger partial charge in [-0.05, 0) is 50.7 Å². The summed E-state index contributed by atoms with van der Waals surface area (Å²) in [4.78, 5) is 0. The molecular weight excluding hydrogens is 702 g/mol. The average molecular weight is 806 g/mol. The van der Waals surface area contributed by atoms with Crippen molar-refractivity contribution < 1.29 is 13.4 Å². The normalized spacial score (nSPS) is 12.5. The maximum absolute atomic E-state index is 2.44. The second-order valence-corrected chi connectivity index (χ2v) is 20.5. The van der Waals surface area contributed by atoms with Gasteiger partial charge in [-0.15, -0.1) is 12.4 Å². The molecule has 2 rings (SSSR count). The molecule has 0 N–H and O–H groups in total. The van der Waals surface area contributed by atoms with E-state index in [9.17, 15) is 0 Å². The van der Waals surface area contributed by atoms with Crippen molar-refractivity contribution in [1.82, 2.24) is 0 Å². The predicted molar refractivity (Wildman–Crippen MR) is 260 cm³/mol. The van der Waals surface area contributed by atoms with Gasteiger partial charge in [0, 0.05) is 12.0 Å². The number of halogens is 1. The van der Waals surface area contributed by atoms with Gasteiger partial charge in [0.15, 0.2) is 0 Å². The summed E-state index contributed by atoms with van der Waals surface area (Å²) >= 11 is 0. The molecule has 2 aromatic rings. The van der Waals surface area contributed by atoms with Crippen molar-refractivity contribution in [3.8, 4) is 0 Å². The Hall–Kier alpha value is -1.39. The summed E-state index contributed by atoms with van der Waals surface area (Å²) < 4.78 is 2.99. The number of hydrogen-bond acceptors (Lipinski definition) is 0. The zero-order chi connectivity index (χ0) is 42.2. The Morgan fingerprint density at radius 2 is 0.804 bits per heavy atom. The van der Waals surface area contributed by atoms with Gasteiger partial charge in [-0.3, -0.25) is 0 Å². The molecule has 330 valence electrons. The number of benzene rings is 2. The van der Waals surface area contributed by atoms with Crippen molar-refractivity contribution in [2.75, 3.05) is 77.5 Å².